The molecule has 1 heterocycles. The minimum Gasteiger partial charge on any atom is -0.480 e. The third-order valence-corrected chi connectivity index (χ3v) is 1.84. The predicted octanol–water partition coefficient (Wildman–Crippen LogP) is -0.566. The van der Waals surface area contributed by atoms with Gasteiger partial charge in [-0.2, -0.15) is 0 Å². The van der Waals surface area contributed by atoms with Gasteiger partial charge in [0.2, 0.25) is 0 Å². The maximum absolute atomic E-state index is 11.4. The van der Waals surface area contributed by atoms with E-state index in [-0.39, 0.29) is 13.0 Å². The van der Waals surface area contributed by atoms with E-state index in [2.05, 4.69) is 20.6 Å². The Balaban J connectivity index is 2.51. The van der Waals surface area contributed by atoms with Gasteiger partial charge in [-0.15, -0.1) is 0 Å². The Morgan fingerprint density at radius 1 is 1.35 bits per heavy atom. The molecule has 1 rings (SSSR count). The van der Waals surface area contributed by atoms with Crippen molar-refractivity contribution in [1.82, 2.24) is 15.3 Å². The molecule has 0 aliphatic rings. The molecule has 0 radical (unpaired) electrons. The first kappa shape index (κ1) is 12.8. The minimum atomic E-state index is -1.21. The van der Waals surface area contributed by atoms with Crippen molar-refractivity contribution >= 4 is 17.7 Å². The number of aliphatic carboxylic acids is 1. The molecule has 2 amide bonds. The second kappa shape index (κ2) is 6.38. The highest BCUT2D eigenvalue weighted by Crippen LogP contribution is 2.00. The number of urea groups is 1. The van der Waals surface area contributed by atoms with E-state index in [1.165, 1.54) is 18.7 Å². The summed E-state index contributed by atoms with van der Waals surface area (Å²) in [6.45, 7) is -0.328. The smallest absolute Gasteiger partial charge is 0.326 e. The number of aromatic nitrogens is 2. The first-order valence-corrected chi connectivity index (χ1v) is 4.79. The van der Waals surface area contributed by atoms with Crippen LogP contribution in [0.2, 0.25) is 0 Å². The van der Waals surface area contributed by atoms with Crippen LogP contribution in [0.3, 0.4) is 0 Å². The van der Waals surface area contributed by atoms with Crippen LogP contribution in [0.4, 0.5) is 10.5 Å². The van der Waals surface area contributed by atoms with E-state index in [0.29, 0.717) is 5.69 Å². The quantitative estimate of drug-likeness (QED) is 0.546. The second-order valence-corrected chi connectivity index (χ2v) is 3.13. The highest BCUT2D eigenvalue weighted by atomic mass is 16.4. The molecule has 17 heavy (non-hydrogen) atoms. The zero-order valence-corrected chi connectivity index (χ0v) is 8.83. The topological polar surface area (TPSA) is 124 Å². The van der Waals surface area contributed by atoms with Crippen molar-refractivity contribution in [3.05, 3.63) is 18.7 Å². The summed E-state index contributed by atoms with van der Waals surface area (Å²) in [5, 5.41) is 21.9. The van der Waals surface area contributed by atoms with Crippen molar-refractivity contribution in [2.75, 3.05) is 11.9 Å². The van der Waals surface area contributed by atoms with Crippen LogP contribution in [0.1, 0.15) is 6.42 Å². The van der Waals surface area contributed by atoms with Crippen LogP contribution >= 0.6 is 0 Å². The Morgan fingerprint density at radius 3 is 2.53 bits per heavy atom. The number of rotatable bonds is 5. The van der Waals surface area contributed by atoms with Crippen molar-refractivity contribution in [2.45, 2.75) is 12.5 Å². The van der Waals surface area contributed by atoms with Crippen LogP contribution in [-0.2, 0) is 4.79 Å². The number of aliphatic hydroxyl groups excluding tert-OH is 1. The SMILES string of the molecule is O=C(Nc1cncnc1)N[C@H](CCO)C(=O)O. The van der Waals surface area contributed by atoms with Gasteiger partial charge in [-0.1, -0.05) is 0 Å². The second-order valence-electron chi connectivity index (χ2n) is 3.13. The summed E-state index contributed by atoms with van der Waals surface area (Å²) < 4.78 is 0. The van der Waals surface area contributed by atoms with Gasteiger partial charge in [0.25, 0.3) is 0 Å². The predicted molar refractivity (Wildman–Crippen MR) is 57.3 cm³/mol. The Hall–Kier alpha value is -2.22. The molecule has 0 spiro atoms. The summed E-state index contributed by atoms with van der Waals surface area (Å²) in [7, 11) is 0. The van der Waals surface area contributed by atoms with Gasteiger partial charge in [0.15, 0.2) is 0 Å². The first-order chi connectivity index (χ1) is 8.13. The number of nitrogens with one attached hydrogen (secondary N) is 2. The van der Waals surface area contributed by atoms with E-state index < -0.39 is 18.0 Å². The largest absolute Gasteiger partial charge is 0.480 e. The molecule has 0 aliphatic heterocycles. The highest BCUT2D eigenvalue weighted by molar-refractivity contribution is 5.91. The number of nitrogens with zero attached hydrogens (tertiary/aromatic N) is 2. The molecule has 8 nitrogen and oxygen atoms in total. The molecule has 92 valence electrons. The van der Waals surface area contributed by atoms with Gasteiger partial charge in [0, 0.05) is 13.0 Å². The van der Waals surface area contributed by atoms with Crippen molar-refractivity contribution in [1.29, 1.82) is 0 Å². The summed E-state index contributed by atoms with van der Waals surface area (Å²) in [6.07, 6.45) is 3.98. The minimum absolute atomic E-state index is 0.0615. The molecule has 0 unspecified atom stereocenters. The number of carbonyl (C=O) groups excluding carboxylic acids is 1. The number of hydrogen-bond acceptors (Lipinski definition) is 5. The lowest BCUT2D eigenvalue weighted by molar-refractivity contribution is -0.139. The molecule has 8 heteroatoms. The van der Waals surface area contributed by atoms with Crippen molar-refractivity contribution in [3.63, 3.8) is 0 Å². The van der Waals surface area contributed by atoms with Crippen LogP contribution in [-0.4, -0.2) is 44.8 Å². The van der Waals surface area contributed by atoms with Gasteiger partial charge < -0.3 is 20.8 Å². The van der Waals surface area contributed by atoms with E-state index in [1.807, 2.05) is 0 Å². The average Bonchev–Trinajstić information content (AvgIpc) is 2.29. The Morgan fingerprint density at radius 2 is 2.00 bits per heavy atom. The molecular formula is C9H12N4O4. The Bertz CT molecular complexity index is 384. The zero-order valence-electron chi connectivity index (χ0n) is 8.83. The number of carboxylic acids is 1. The van der Waals surface area contributed by atoms with Gasteiger partial charge in [-0.25, -0.2) is 19.6 Å². The monoisotopic (exact) mass is 240 g/mol. The Kier molecular flexibility index (Phi) is 4.82. The van der Waals surface area contributed by atoms with Crippen molar-refractivity contribution in [3.8, 4) is 0 Å². The van der Waals surface area contributed by atoms with Crippen LogP contribution in [0, 0.1) is 0 Å². The summed E-state index contributed by atoms with van der Waals surface area (Å²) in [6, 6.07) is -1.83. The van der Waals surface area contributed by atoms with E-state index in [4.69, 9.17) is 10.2 Å². The van der Waals surface area contributed by atoms with Gasteiger partial charge >= 0.3 is 12.0 Å². The van der Waals surface area contributed by atoms with E-state index >= 15 is 0 Å². The maximum Gasteiger partial charge on any atom is 0.326 e. The lowest BCUT2D eigenvalue weighted by atomic mass is 10.2. The van der Waals surface area contributed by atoms with Gasteiger partial charge in [-0.3, -0.25) is 0 Å². The molecule has 1 atom stereocenters. The molecule has 0 saturated heterocycles. The standard InChI is InChI=1S/C9H12N4O4/c14-2-1-7(8(15)16)13-9(17)12-6-3-10-5-11-4-6/h3-5,7,14H,1-2H2,(H,15,16)(H2,12,13,17)/t7-/m1/s1. The average molecular weight is 240 g/mol. The fraction of sp³-hybridized carbons (Fsp3) is 0.333. The van der Waals surface area contributed by atoms with Crippen LogP contribution in [0.15, 0.2) is 18.7 Å². The lowest BCUT2D eigenvalue weighted by Crippen LogP contribution is -2.43. The molecule has 4 N–H and O–H groups in total. The van der Waals surface area contributed by atoms with Crippen molar-refractivity contribution in [2.24, 2.45) is 0 Å². The number of aliphatic hydroxyl groups is 1. The maximum atomic E-state index is 11.4. The summed E-state index contributed by atoms with van der Waals surface area (Å²) in [5.41, 5.74) is 0.345. The van der Waals surface area contributed by atoms with E-state index in [9.17, 15) is 9.59 Å². The zero-order chi connectivity index (χ0) is 12.7. The molecular weight excluding hydrogens is 228 g/mol. The first-order valence-electron chi connectivity index (χ1n) is 4.79. The number of carbonyl (C=O) groups is 2. The van der Waals surface area contributed by atoms with Crippen LogP contribution in [0.5, 0.6) is 0 Å². The third kappa shape index (κ3) is 4.43. The van der Waals surface area contributed by atoms with Crippen LogP contribution in [0.25, 0.3) is 0 Å². The summed E-state index contributed by atoms with van der Waals surface area (Å²) in [4.78, 5) is 29.4. The van der Waals surface area contributed by atoms with Gasteiger partial charge in [0.05, 0.1) is 18.1 Å². The highest BCUT2D eigenvalue weighted by Gasteiger charge is 2.19. The molecule has 0 aliphatic carbocycles. The lowest BCUT2D eigenvalue weighted by Gasteiger charge is -2.13. The fourth-order valence-corrected chi connectivity index (χ4v) is 1.08. The number of carboxylic acid groups (broad SMARTS) is 1. The Labute approximate surface area is 96.7 Å². The normalized spacial score (nSPS) is 11.6. The van der Waals surface area contributed by atoms with Crippen molar-refractivity contribution < 1.29 is 19.8 Å². The van der Waals surface area contributed by atoms with Gasteiger partial charge in [0.1, 0.15) is 12.4 Å². The molecule has 0 saturated carbocycles. The molecule has 1 aromatic heterocycles. The molecule has 1 aromatic rings. The number of hydrogen-bond donors (Lipinski definition) is 4. The fourth-order valence-electron chi connectivity index (χ4n) is 1.08. The van der Waals surface area contributed by atoms with E-state index in [1.54, 1.807) is 0 Å². The van der Waals surface area contributed by atoms with Crippen LogP contribution < -0.4 is 10.6 Å². The van der Waals surface area contributed by atoms with E-state index in [0.717, 1.165) is 0 Å². The van der Waals surface area contributed by atoms with Gasteiger partial charge in [-0.05, 0) is 0 Å². The summed E-state index contributed by atoms with van der Waals surface area (Å²) in [5.74, 6) is -1.21. The number of amides is 2. The number of anilines is 1. The molecule has 0 fully saturated rings. The third-order valence-electron chi connectivity index (χ3n) is 1.84. The summed E-state index contributed by atoms with van der Waals surface area (Å²) >= 11 is 0. The molecule has 0 bridgehead atoms. The molecule has 0 aromatic carbocycles.